The number of carbonyl (C=O) groups is 1. The number of hydrogen-bond acceptors (Lipinski definition) is 2. The summed E-state index contributed by atoms with van der Waals surface area (Å²) >= 11 is 0. The lowest BCUT2D eigenvalue weighted by Gasteiger charge is -2.24. The van der Waals surface area contributed by atoms with E-state index in [9.17, 15) is 9.90 Å². The second-order valence-corrected chi connectivity index (χ2v) is 5.28. The second-order valence-electron chi connectivity index (χ2n) is 5.28. The van der Waals surface area contributed by atoms with E-state index in [4.69, 9.17) is 0 Å². The first-order valence-corrected chi connectivity index (χ1v) is 7.31. The number of urea groups is 1. The SMILES string of the molecule is CCC(C)CN(CC)C(=O)Nc1cccc(C(C)O)c1. The number of anilines is 1. The highest BCUT2D eigenvalue weighted by molar-refractivity contribution is 5.89. The Balaban J connectivity index is 2.70. The third-order valence-corrected chi connectivity index (χ3v) is 3.52. The predicted molar refractivity (Wildman–Crippen MR) is 82.8 cm³/mol. The van der Waals surface area contributed by atoms with E-state index in [2.05, 4.69) is 19.2 Å². The van der Waals surface area contributed by atoms with Crippen LogP contribution in [-0.4, -0.2) is 29.1 Å². The molecule has 112 valence electrons. The van der Waals surface area contributed by atoms with E-state index in [1.165, 1.54) is 0 Å². The lowest BCUT2D eigenvalue weighted by atomic mass is 10.1. The first kappa shape index (κ1) is 16.5. The van der Waals surface area contributed by atoms with E-state index in [-0.39, 0.29) is 6.03 Å². The lowest BCUT2D eigenvalue weighted by Crippen LogP contribution is -2.37. The molecule has 0 aliphatic heterocycles. The second kappa shape index (κ2) is 7.90. The molecule has 0 bridgehead atoms. The Morgan fingerprint density at radius 2 is 2.05 bits per heavy atom. The molecule has 0 spiro atoms. The number of nitrogens with zero attached hydrogens (tertiary/aromatic N) is 1. The van der Waals surface area contributed by atoms with Crippen LogP contribution in [0.3, 0.4) is 0 Å². The molecule has 0 saturated carbocycles. The average molecular weight is 278 g/mol. The van der Waals surface area contributed by atoms with Crippen LogP contribution in [0.1, 0.15) is 45.8 Å². The maximum absolute atomic E-state index is 12.2. The van der Waals surface area contributed by atoms with Crippen LogP contribution in [-0.2, 0) is 0 Å². The van der Waals surface area contributed by atoms with Gasteiger partial charge in [-0.05, 0) is 37.5 Å². The summed E-state index contributed by atoms with van der Waals surface area (Å²) in [5, 5.41) is 12.5. The molecule has 20 heavy (non-hydrogen) atoms. The van der Waals surface area contributed by atoms with E-state index in [0.29, 0.717) is 12.5 Å². The first-order valence-electron chi connectivity index (χ1n) is 7.31. The van der Waals surface area contributed by atoms with Gasteiger partial charge in [-0.25, -0.2) is 4.79 Å². The van der Waals surface area contributed by atoms with Gasteiger partial charge in [0.2, 0.25) is 0 Å². The molecule has 2 N–H and O–H groups in total. The fourth-order valence-corrected chi connectivity index (χ4v) is 1.94. The third-order valence-electron chi connectivity index (χ3n) is 3.52. The quantitative estimate of drug-likeness (QED) is 0.834. The zero-order valence-electron chi connectivity index (χ0n) is 12.9. The van der Waals surface area contributed by atoms with E-state index >= 15 is 0 Å². The number of carbonyl (C=O) groups excluding carboxylic acids is 1. The van der Waals surface area contributed by atoms with Crippen LogP contribution in [0.4, 0.5) is 10.5 Å². The first-order chi connectivity index (χ1) is 9.47. The molecular weight excluding hydrogens is 252 g/mol. The molecule has 0 aliphatic carbocycles. The van der Waals surface area contributed by atoms with Crippen LogP contribution in [0.15, 0.2) is 24.3 Å². The number of benzene rings is 1. The van der Waals surface area contributed by atoms with Crippen LogP contribution < -0.4 is 5.32 Å². The Bertz CT molecular complexity index is 432. The summed E-state index contributed by atoms with van der Waals surface area (Å²) < 4.78 is 0. The summed E-state index contributed by atoms with van der Waals surface area (Å²) in [5.41, 5.74) is 1.52. The molecule has 0 fully saturated rings. The van der Waals surface area contributed by atoms with Gasteiger partial charge < -0.3 is 15.3 Å². The maximum Gasteiger partial charge on any atom is 0.321 e. The fraction of sp³-hybridized carbons (Fsp3) is 0.562. The van der Waals surface area contributed by atoms with Gasteiger partial charge in [-0.2, -0.15) is 0 Å². The monoisotopic (exact) mass is 278 g/mol. The predicted octanol–water partition coefficient (Wildman–Crippen LogP) is 3.64. The topological polar surface area (TPSA) is 52.6 Å². The number of nitrogens with one attached hydrogen (secondary N) is 1. The van der Waals surface area contributed by atoms with Crippen molar-refractivity contribution >= 4 is 11.7 Å². The molecule has 2 amide bonds. The molecule has 4 heteroatoms. The van der Waals surface area contributed by atoms with Crippen molar-refractivity contribution in [1.82, 2.24) is 4.90 Å². The Kier molecular flexibility index (Phi) is 6.52. The Morgan fingerprint density at radius 1 is 1.35 bits per heavy atom. The summed E-state index contributed by atoms with van der Waals surface area (Å²) in [4.78, 5) is 14.0. The Hall–Kier alpha value is -1.55. The molecule has 0 heterocycles. The molecule has 0 aliphatic rings. The smallest absolute Gasteiger partial charge is 0.321 e. The van der Waals surface area contributed by atoms with Crippen molar-refractivity contribution in [2.24, 2.45) is 5.92 Å². The Labute approximate surface area is 121 Å². The number of hydrogen-bond donors (Lipinski definition) is 2. The fourth-order valence-electron chi connectivity index (χ4n) is 1.94. The minimum Gasteiger partial charge on any atom is -0.389 e. The highest BCUT2D eigenvalue weighted by atomic mass is 16.3. The van der Waals surface area contributed by atoms with Crippen LogP contribution in [0.2, 0.25) is 0 Å². The molecule has 0 radical (unpaired) electrons. The number of amides is 2. The zero-order valence-corrected chi connectivity index (χ0v) is 12.9. The van der Waals surface area contributed by atoms with Crippen LogP contribution in [0.25, 0.3) is 0 Å². The minimum atomic E-state index is -0.533. The summed E-state index contributed by atoms with van der Waals surface area (Å²) in [6.45, 7) is 9.41. The highest BCUT2D eigenvalue weighted by Gasteiger charge is 2.14. The standard InChI is InChI=1S/C16H26N2O2/c1-5-12(3)11-18(6-2)16(20)17-15-9-7-8-14(10-15)13(4)19/h7-10,12-13,19H,5-6,11H2,1-4H3,(H,17,20). The van der Waals surface area contributed by atoms with E-state index in [0.717, 1.165) is 24.2 Å². The minimum absolute atomic E-state index is 0.0875. The molecule has 2 unspecified atom stereocenters. The van der Waals surface area contributed by atoms with E-state index < -0.39 is 6.10 Å². The van der Waals surface area contributed by atoms with Crippen molar-refractivity contribution in [3.63, 3.8) is 0 Å². The van der Waals surface area contributed by atoms with Gasteiger partial charge in [0.05, 0.1) is 6.10 Å². The van der Waals surface area contributed by atoms with Crippen molar-refractivity contribution in [3.05, 3.63) is 29.8 Å². The number of rotatable bonds is 6. The third kappa shape index (κ3) is 4.85. The van der Waals surface area contributed by atoms with Crippen molar-refractivity contribution in [2.45, 2.75) is 40.2 Å². The van der Waals surface area contributed by atoms with Gasteiger partial charge in [0.1, 0.15) is 0 Å². The molecule has 0 saturated heterocycles. The van der Waals surface area contributed by atoms with Crippen molar-refractivity contribution in [3.8, 4) is 0 Å². The summed E-state index contributed by atoms with van der Waals surface area (Å²) in [7, 11) is 0. The van der Waals surface area contributed by atoms with Gasteiger partial charge in [-0.1, -0.05) is 32.4 Å². The van der Waals surface area contributed by atoms with Crippen molar-refractivity contribution < 1.29 is 9.90 Å². The highest BCUT2D eigenvalue weighted by Crippen LogP contribution is 2.17. The van der Waals surface area contributed by atoms with Crippen molar-refractivity contribution in [1.29, 1.82) is 0 Å². The van der Waals surface area contributed by atoms with Gasteiger partial charge in [-0.15, -0.1) is 0 Å². The van der Waals surface area contributed by atoms with Crippen LogP contribution >= 0.6 is 0 Å². The molecule has 1 aromatic carbocycles. The molecule has 1 rings (SSSR count). The largest absolute Gasteiger partial charge is 0.389 e. The molecule has 2 atom stereocenters. The summed E-state index contributed by atoms with van der Waals surface area (Å²) in [6, 6.07) is 7.23. The molecule has 1 aromatic rings. The van der Waals surface area contributed by atoms with Gasteiger partial charge >= 0.3 is 6.03 Å². The molecule has 0 aromatic heterocycles. The summed E-state index contributed by atoms with van der Waals surface area (Å²) in [6.07, 6.45) is 0.524. The Morgan fingerprint density at radius 3 is 2.60 bits per heavy atom. The summed E-state index contributed by atoms with van der Waals surface area (Å²) in [5.74, 6) is 0.490. The van der Waals surface area contributed by atoms with Gasteiger partial charge in [-0.3, -0.25) is 0 Å². The lowest BCUT2D eigenvalue weighted by molar-refractivity contribution is 0.199. The molecule has 4 nitrogen and oxygen atoms in total. The zero-order chi connectivity index (χ0) is 15.1. The van der Waals surface area contributed by atoms with Crippen LogP contribution in [0.5, 0.6) is 0 Å². The van der Waals surface area contributed by atoms with Crippen LogP contribution in [0, 0.1) is 5.92 Å². The van der Waals surface area contributed by atoms with Gasteiger partial charge in [0.15, 0.2) is 0 Å². The normalized spacial score (nSPS) is 13.7. The average Bonchev–Trinajstić information content (AvgIpc) is 2.44. The number of aliphatic hydroxyl groups is 1. The maximum atomic E-state index is 12.2. The van der Waals surface area contributed by atoms with Gasteiger partial charge in [0, 0.05) is 18.8 Å². The van der Waals surface area contributed by atoms with Crippen molar-refractivity contribution in [2.75, 3.05) is 18.4 Å². The number of aliphatic hydroxyl groups excluding tert-OH is 1. The van der Waals surface area contributed by atoms with Gasteiger partial charge in [0.25, 0.3) is 0 Å². The molecular formula is C16H26N2O2. The van der Waals surface area contributed by atoms with E-state index in [1.807, 2.05) is 30.0 Å². The van der Waals surface area contributed by atoms with E-state index in [1.54, 1.807) is 13.0 Å².